The fourth-order valence-corrected chi connectivity index (χ4v) is 3.31. The highest BCUT2D eigenvalue weighted by atomic mass is 16.5. The minimum absolute atomic E-state index is 0.00733. The fourth-order valence-electron chi connectivity index (χ4n) is 3.31. The highest BCUT2D eigenvalue weighted by molar-refractivity contribution is 6.04. The van der Waals surface area contributed by atoms with Crippen molar-refractivity contribution in [2.45, 2.75) is 40.0 Å². The van der Waals surface area contributed by atoms with E-state index in [1.807, 2.05) is 18.2 Å². The minimum Gasteiger partial charge on any atom is -0.360 e. The Morgan fingerprint density at radius 1 is 1.32 bits per heavy atom. The van der Waals surface area contributed by atoms with Gasteiger partial charge in [0.2, 0.25) is 11.8 Å². The van der Waals surface area contributed by atoms with Gasteiger partial charge in [0.15, 0.2) is 5.82 Å². The van der Waals surface area contributed by atoms with Crippen LogP contribution < -0.4 is 10.2 Å². The van der Waals surface area contributed by atoms with Crippen LogP contribution in [-0.4, -0.2) is 23.5 Å². The van der Waals surface area contributed by atoms with Crippen molar-refractivity contribution in [1.29, 1.82) is 0 Å². The summed E-state index contributed by atoms with van der Waals surface area (Å²) in [4.78, 5) is 26.9. The Morgan fingerprint density at radius 3 is 2.56 bits per heavy atom. The van der Waals surface area contributed by atoms with E-state index in [0.717, 1.165) is 29.7 Å². The van der Waals surface area contributed by atoms with Crippen molar-refractivity contribution in [2.75, 3.05) is 16.8 Å². The lowest BCUT2D eigenvalue weighted by Crippen LogP contribution is -2.29. The summed E-state index contributed by atoms with van der Waals surface area (Å²) >= 11 is 0. The van der Waals surface area contributed by atoms with Crippen LogP contribution in [0, 0.1) is 12.8 Å². The molecule has 132 valence electrons. The van der Waals surface area contributed by atoms with E-state index in [1.165, 1.54) is 0 Å². The molecule has 1 aromatic heterocycles. The number of aryl methyl sites for hydroxylation is 3. The second kappa shape index (κ2) is 7.09. The van der Waals surface area contributed by atoms with Gasteiger partial charge in [-0.2, -0.15) is 0 Å². The summed E-state index contributed by atoms with van der Waals surface area (Å²) < 4.78 is 4.96. The van der Waals surface area contributed by atoms with Crippen LogP contribution in [0.4, 0.5) is 11.5 Å². The third-order valence-electron chi connectivity index (χ3n) is 4.61. The molecule has 0 aliphatic carbocycles. The maximum atomic E-state index is 12.6. The SMILES string of the molecule is CCc1cccc(CC)c1N1CC(C(=O)Nc2cc(C)on2)CC1=O. The Morgan fingerprint density at radius 2 is 2.00 bits per heavy atom. The maximum Gasteiger partial charge on any atom is 0.231 e. The number of anilines is 2. The zero-order valence-corrected chi connectivity index (χ0v) is 14.8. The number of nitrogens with zero attached hydrogens (tertiary/aromatic N) is 2. The van der Waals surface area contributed by atoms with E-state index in [0.29, 0.717) is 18.1 Å². The average molecular weight is 341 g/mol. The highest BCUT2D eigenvalue weighted by Gasteiger charge is 2.36. The quantitative estimate of drug-likeness (QED) is 0.907. The van der Waals surface area contributed by atoms with Gasteiger partial charge in [0.25, 0.3) is 0 Å². The first-order valence-corrected chi connectivity index (χ1v) is 8.68. The molecule has 6 heteroatoms. The number of hydrogen-bond donors (Lipinski definition) is 1. The first kappa shape index (κ1) is 17.2. The van der Waals surface area contributed by atoms with Crippen LogP contribution in [0.15, 0.2) is 28.8 Å². The van der Waals surface area contributed by atoms with Gasteiger partial charge in [-0.25, -0.2) is 0 Å². The average Bonchev–Trinajstić information content (AvgIpc) is 3.19. The van der Waals surface area contributed by atoms with Gasteiger partial charge in [0, 0.05) is 24.7 Å². The molecule has 2 aromatic rings. The number of benzene rings is 1. The minimum atomic E-state index is -0.390. The number of rotatable bonds is 5. The predicted molar refractivity (Wildman–Crippen MR) is 95.5 cm³/mol. The summed E-state index contributed by atoms with van der Waals surface area (Å²) in [5.74, 6) is 0.419. The van der Waals surface area contributed by atoms with Gasteiger partial charge in [0.1, 0.15) is 5.76 Å². The van der Waals surface area contributed by atoms with Crippen molar-refractivity contribution in [2.24, 2.45) is 5.92 Å². The molecule has 0 radical (unpaired) electrons. The van der Waals surface area contributed by atoms with Crippen molar-refractivity contribution in [3.8, 4) is 0 Å². The highest BCUT2D eigenvalue weighted by Crippen LogP contribution is 2.32. The van der Waals surface area contributed by atoms with E-state index in [4.69, 9.17) is 4.52 Å². The molecule has 2 amide bonds. The number of carbonyl (C=O) groups is 2. The van der Waals surface area contributed by atoms with Crippen molar-refractivity contribution >= 4 is 23.3 Å². The number of aromatic nitrogens is 1. The molecule has 1 N–H and O–H groups in total. The maximum absolute atomic E-state index is 12.6. The third-order valence-corrected chi connectivity index (χ3v) is 4.61. The molecule has 3 rings (SSSR count). The summed E-state index contributed by atoms with van der Waals surface area (Å²) in [6.07, 6.45) is 1.91. The molecule has 0 spiro atoms. The number of amides is 2. The summed E-state index contributed by atoms with van der Waals surface area (Å²) in [6.45, 7) is 6.31. The van der Waals surface area contributed by atoms with Crippen LogP contribution in [0.1, 0.15) is 37.2 Å². The number of nitrogens with one attached hydrogen (secondary N) is 1. The second-order valence-electron chi connectivity index (χ2n) is 6.35. The van der Waals surface area contributed by atoms with Crippen LogP contribution >= 0.6 is 0 Å². The fraction of sp³-hybridized carbons (Fsp3) is 0.421. The number of carbonyl (C=O) groups excluding carboxylic acids is 2. The van der Waals surface area contributed by atoms with Crippen molar-refractivity contribution in [1.82, 2.24) is 5.16 Å². The molecule has 6 nitrogen and oxygen atoms in total. The van der Waals surface area contributed by atoms with Gasteiger partial charge in [0.05, 0.1) is 5.92 Å². The molecular weight excluding hydrogens is 318 g/mol. The molecule has 0 saturated carbocycles. The van der Waals surface area contributed by atoms with Crippen molar-refractivity contribution in [3.05, 3.63) is 41.2 Å². The van der Waals surface area contributed by atoms with E-state index >= 15 is 0 Å². The zero-order chi connectivity index (χ0) is 18.0. The van der Waals surface area contributed by atoms with Crippen molar-refractivity contribution in [3.63, 3.8) is 0 Å². The Kier molecular flexibility index (Phi) is 4.88. The third kappa shape index (κ3) is 3.43. The Bertz CT molecular complexity index is 775. The molecule has 1 aliphatic heterocycles. The first-order chi connectivity index (χ1) is 12.0. The summed E-state index contributed by atoms with van der Waals surface area (Å²) in [5, 5.41) is 6.50. The van der Waals surface area contributed by atoms with Gasteiger partial charge in [-0.1, -0.05) is 37.2 Å². The van der Waals surface area contributed by atoms with Gasteiger partial charge >= 0.3 is 0 Å². The van der Waals surface area contributed by atoms with E-state index in [9.17, 15) is 9.59 Å². The smallest absolute Gasteiger partial charge is 0.231 e. The van der Waals surface area contributed by atoms with E-state index in [2.05, 4.69) is 24.3 Å². The largest absolute Gasteiger partial charge is 0.360 e. The van der Waals surface area contributed by atoms with Gasteiger partial charge in [-0.3, -0.25) is 9.59 Å². The summed E-state index contributed by atoms with van der Waals surface area (Å²) in [7, 11) is 0. The number of para-hydroxylation sites is 1. The molecule has 2 heterocycles. The second-order valence-corrected chi connectivity index (χ2v) is 6.35. The lowest BCUT2D eigenvalue weighted by Gasteiger charge is -2.23. The Hall–Kier alpha value is -2.63. The van der Waals surface area contributed by atoms with Crippen LogP contribution in [0.25, 0.3) is 0 Å². The molecule has 1 atom stereocenters. The lowest BCUT2D eigenvalue weighted by atomic mass is 10.0. The zero-order valence-electron chi connectivity index (χ0n) is 14.8. The Balaban J connectivity index is 1.80. The van der Waals surface area contributed by atoms with Crippen LogP contribution in [0.5, 0.6) is 0 Å². The lowest BCUT2D eigenvalue weighted by molar-refractivity contribution is -0.122. The Labute approximate surface area is 147 Å². The molecular formula is C19H23N3O3. The molecule has 1 aliphatic rings. The first-order valence-electron chi connectivity index (χ1n) is 8.68. The van der Waals surface area contributed by atoms with E-state index < -0.39 is 0 Å². The molecule has 1 fully saturated rings. The van der Waals surface area contributed by atoms with Crippen LogP contribution in [0.3, 0.4) is 0 Å². The van der Waals surface area contributed by atoms with Gasteiger partial charge in [-0.15, -0.1) is 0 Å². The summed E-state index contributed by atoms with van der Waals surface area (Å²) in [6, 6.07) is 7.79. The molecule has 1 unspecified atom stereocenters. The van der Waals surface area contributed by atoms with Crippen LogP contribution in [0.2, 0.25) is 0 Å². The molecule has 25 heavy (non-hydrogen) atoms. The van der Waals surface area contributed by atoms with Gasteiger partial charge in [-0.05, 0) is 30.9 Å². The van der Waals surface area contributed by atoms with Crippen LogP contribution in [-0.2, 0) is 22.4 Å². The van der Waals surface area contributed by atoms with Gasteiger partial charge < -0.3 is 14.7 Å². The van der Waals surface area contributed by atoms with E-state index in [1.54, 1.807) is 17.9 Å². The standard InChI is InChI=1S/C19H23N3O3/c1-4-13-7-6-8-14(5-2)18(13)22-11-15(10-17(22)23)19(24)20-16-9-12(3)25-21-16/h6-9,15H,4-5,10-11H2,1-3H3,(H,20,21,24). The van der Waals surface area contributed by atoms with E-state index in [-0.39, 0.29) is 24.2 Å². The molecule has 1 aromatic carbocycles. The summed E-state index contributed by atoms with van der Waals surface area (Å²) in [5.41, 5.74) is 3.26. The monoisotopic (exact) mass is 341 g/mol. The normalized spacial score (nSPS) is 17.2. The molecule has 0 bridgehead atoms. The topological polar surface area (TPSA) is 75.4 Å². The van der Waals surface area contributed by atoms with Crippen molar-refractivity contribution < 1.29 is 14.1 Å². The predicted octanol–water partition coefficient (Wildman–Crippen LogP) is 3.10. The number of hydrogen-bond acceptors (Lipinski definition) is 4. The molecule has 1 saturated heterocycles.